The number of hydrogen-bond acceptors (Lipinski definition) is 8. The molecule has 0 aliphatic rings. The molecule has 0 radical (unpaired) electrons. The molecule has 12 N–H and O–H groups in total. The van der Waals surface area contributed by atoms with E-state index in [9.17, 15) is 34.2 Å². The highest BCUT2D eigenvalue weighted by molar-refractivity contribution is 5.95. The van der Waals surface area contributed by atoms with Gasteiger partial charge in [-0.15, -0.1) is 0 Å². The van der Waals surface area contributed by atoms with Crippen molar-refractivity contribution in [1.82, 2.24) is 25.9 Å². The monoisotopic (exact) mass is 525 g/mol. The summed E-state index contributed by atoms with van der Waals surface area (Å²) in [5, 5.41) is 25.7. The van der Waals surface area contributed by atoms with Gasteiger partial charge in [0.05, 0.1) is 18.8 Å². The predicted molar refractivity (Wildman–Crippen MR) is 131 cm³/mol. The maximum Gasteiger partial charge on any atom is 0.326 e. The van der Waals surface area contributed by atoms with Gasteiger partial charge in [0.2, 0.25) is 17.7 Å². The molecule has 1 heterocycles. The Kier molecular flexibility index (Phi) is 12.5. The lowest BCUT2D eigenvalue weighted by molar-refractivity contribution is -0.143. The van der Waals surface area contributed by atoms with Crippen LogP contribution in [-0.2, 0) is 30.4 Å². The highest BCUT2D eigenvalue weighted by Crippen LogP contribution is 2.06. The van der Waals surface area contributed by atoms with Crippen molar-refractivity contribution in [2.45, 2.75) is 63.7 Å². The molecule has 0 aliphatic carbocycles. The van der Waals surface area contributed by atoms with Gasteiger partial charge in [0.1, 0.15) is 18.1 Å². The normalized spacial score (nSPS) is 14.1. The quantitative estimate of drug-likeness (QED) is 0.0595. The summed E-state index contributed by atoms with van der Waals surface area (Å²) < 4.78 is 0. The highest BCUT2D eigenvalue weighted by atomic mass is 16.4. The van der Waals surface area contributed by atoms with E-state index in [0.29, 0.717) is 5.69 Å². The molecule has 0 spiro atoms. The number of imidazole rings is 1. The van der Waals surface area contributed by atoms with E-state index in [-0.39, 0.29) is 37.7 Å². The van der Waals surface area contributed by atoms with Gasteiger partial charge in [0.15, 0.2) is 5.96 Å². The number of nitrogens with zero attached hydrogens (tertiary/aromatic N) is 2. The highest BCUT2D eigenvalue weighted by Gasteiger charge is 2.32. The molecule has 206 valence electrons. The lowest BCUT2D eigenvalue weighted by Crippen LogP contribution is -2.58. The lowest BCUT2D eigenvalue weighted by atomic mass is 10.0. The molecule has 0 bridgehead atoms. The minimum Gasteiger partial charge on any atom is -0.481 e. The standard InChI is InChI=1S/C21H35N9O7/c1-10(2)16(22)19(35)30-13(6-11-8-25-9-27-11)17(33)29-14(7-15(31)32)18(34)28-12(20(36)37)4-3-5-26-21(23)24/h8-10,12-14,16H,3-7,22H2,1-2H3,(H,25,27)(H,28,34)(H,29,33)(H,30,35)(H,31,32)(H,36,37)(H4,23,24,26). The van der Waals surface area contributed by atoms with Crippen LogP contribution in [0.15, 0.2) is 17.5 Å². The summed E-state index contributed by atoms with van der Waals surface area (Å²) >= 11 is 0. The Labute approximate surface area is 212 Å². The SMILES string of the molecule is CC(C)C(N)C(=O)NC(Cc1cnc[nH]1)C(=O)NC(CC(=O)O)C(=O)NC(CCCN=C(N)N)C(=O)O. The Morgan fingerprint density at radius 2 is 1.59 bits per heavy atom. The van der Waals surface area contributed by atoms with Gasteiger partial charge in [-0.3, -0.25) is 24.2 Å². The fourth-order valence-corrected chi connectivity index (χ4v) is 3.09. The average molecular weight is 526 g/mol. The van der Waals surface area contributed by atoms with Crippen molar-refractivity contribution in [2.24, 2.45) is 28.1 Å². The molecular formula is C21H35N9O7. The van der Waals surface area contributed by atoms with E-state index in [1.165, 1.54) is 12.5 Å². The molecule has 1 rings (SSSR count). The zero-order chi connectivity index (χ0) is 28.1. The van der Waals surface area contributed by atoms with E-state index >= 15 is 0 Å². The molecular weight excluding hydrogens is 490 g/mol. The van der Waals surface area contributed by atoms with Crippen LogP contribution in [0.5, 0.6) is 0 Å². The molecule has 0 saturated carbocycles. The topological polar surface area (TPSA) is 281 Å². The van der Waals surface area contributed by atoms with Gasteiger partial charge in [-0.05, 0) is 18.8 Å². The number of hydrogen-bond donors (Lipinski definition) is 9. The van der Waals surface area contributed by atoms with Gasteiger partial charge in [-0.1, -0.05) is 13.8 Å². The molecule has 4 unspecified atom stereocenters. The maximum absolute atomic E-state index is 13.1. The zero-order valence-corrected chi connectivity index (χ0v) is 20.6. The second-order valence-corrected chi connectivity index (χ2v) is 8.62. The Morgan fingerprint density at radius 1 is 1.00 bits per heavy atom. The number of aromatic amines is 1. The van der Waals surface area contributed by atoms with Crippen LogP contribution in [0.2, 0.25) is 0 Å². The molecule has 37 heavy (non-hydrogen) atoms. The molecule has 1 aromatic rings. The number of nitrogens with two attached hydrogens (primary N) is 3. The van der Waals surface area contributed by atoms with Crippen LogP contribution in [0.4, 0.5) is 0 Å². The van der Waals surface area contributed by atoms with Crippen LogP contribution in [0.25, 0.3) is 0 Å². The van der Waals surface area contributed by atoms with E-state index in [2.05, 4.69) is 30.9 Å². The maximum atomic E-state index is 13.1. The minimum atomic E-state index is -1.63. The number of aliphatic carboxylic acids is 2. The number of carboxylic acid groups (broad SMARTS) is 2. The van der Waals surface area contributed by atoms with E-state index in [1.54, 1.807) is 13.8 Å². The van der Waals surface area contributed by atoms with E-state index in [0.717, 1.165) is 0 Å². The first-order valence-electron chi connectivity index (χ1n) is 11.5. The molecule has 16 heteroatoms. The number of carbonyl (C=O) groups excluding carboxylic acids is 3. The molecule has 4 atom stereocenters. The number of carboxylic acids is 2. The molecule has 1 aromatic heterocycles. The number of amides is 3. The van der Waals surface area contributed by atoms with Crippen molar-refractivity contribution in [3.05, 3.63) is 18.2 Å². The third-order valence-corrected chi connectivity index (χ3v) is 5.20. The Morgan fingerprint density at radius 3 is 2.11 bits per heavy atom. The van der Waals surface area contributed by atoms with Gasteiger partial charge in [0, 0.05) is 24.9 Å². The fraction of sp³-hybridized carbons (Fsp3) is 0.571. The lowest BCUT2D eigenvalue weighted by Gasteiger charge is -2.25. The number of aliphatic imine (C=N–C) groups is 1. The second kappa shape index (κ2) is 15.0. The largest absolute Gasteiger partial charge is 0.481 e. The Balaban J connectivity index is 3.02. The average Bonchev–Trinajstić information content (AvgIpc) is 3.31. The number of H-pyrrole nitrogens is 1. The van der Waals surface area contributed by atoms with E-state index in [4.69, 9.17) is 17.2 Å². The van der Waals surface area contributed by atoms with Gasteiger partial charge >= 0.3 is 11.9 Å². The first-order chi connectivity index (χ1) is 17.3. The molecule has 0 fully saturated rings. The third kappa shape index (κ3) is 11.4. The summed E-state index contributed by atoms with van der Waals surface area (Å²) in [5.74, 6) is -5.73. The summed E-state index contributed by atoms with van der Waals surface area (Å²) in [6, 6.07) is -5.19. The van der Waals surface area contributed by atoms with Crippen molar-refractivity contribution >= 4 is 35.6 Å². The number of nitrogens with one attached hydrogen (secondary N) is 4. The smallest absolute Gasteiger partial charge is 0.326 e. The predicted octanol–water partition coefficient (Wildman–Crippen LogP) is -3.00. The summed E-state index contributed by atoms with van der Waals surface area (Å²) in [4.78, 5) is 71.7. The molecule has 0 aromatic carbocycles. The summed E-state index contributed by atoms with van der Waals surface area (Å²) in [5.41, 5.74) is 16.8. The fourth-order valence-electron chi connectivity index (χ4n) is 3.09. The van der Waals surface area contributed by atoms with Crippen LogP contribution in [-0.4, -0.2) is 86.5 Å². The van der Waals surface area contributed by atoms with Crippen molar-refractivity contribution in [1.29, 1.82) is 0 Å². The molecule has 0 aliphatic heterocycles. The van der Waals surface area contributed by atoms with Crippen molar-refractivity contribution < 1.29 is 34.2 Å². The van der Waals surface area contributed by atoms with Crippen molar-refractivity contribution in [2.75, 3.05) is 6.54 Å². The van der Waals surface area contributed by atoms with Crippen LogP contribution < -0.4 is 33.2 Å². The molecule has 16 nitrogen and oxygen atoms in total. The van der Waals surface area contributed by atoms with E-state index < -0.39 is 60.2 Å². The Hall–Kier alpha value is -4.21. The van der Waals surface area contributed by atoms with Gasteiger partial charge in [-0.25, -0.2) is 9.78 Å². The van der Waals surface area contributed by atoms with Crippen molar-refractivity contribution in [3.8, 4) is 0 Å². The first kappa shape index (κ1) is 30.8. The van der Waals surface area contributed by atoms with Crippen LogP contribution in [0, 0.1) is 5.92 Å². The summed E-state index contributed by atoms with van der Waals surface area (Å²) in [6.07, 6.45) is 2.04. The van der Waals surface area contributed by atoms with Crippen LogP contribution in [0.1, 0.15) is 38.8 Å². The summed E-state index contributed by atoms with van der Waals surface area (Å²) in [7, 11) is 0. The third-order valence-electron chi connectivity index (χ3n) is 5.20. The second-order valence-electron chi connectivity index (χ2n) is 8.62. The number of carbonyl (C=O) groups is 5. The van der Waals surface area contributed by atoms with Crippen molar-refractivity contribution in [3.63, 3.8) is 0 Å². The minimum absolute atomic E-state index is 0.0583. The summed E-state index contributed by atoms with van der Waals surface area (Å²) in [6.45, 7) is 3.56. The number of guanidine groups is 1. The molecule has 0 saturated heterocycles. The van der Waals surface area contributed by atoms with Gasteiger partial charge < -0.3 is 48.3 Å². The number of rotatable bonds is 16. The first-order valence-corrected chi connectivity index (χ1v) is 11.5. The van der Waals surface area contributed by atoms with Gasteiger partial charge in [-0.2, -0.15) is 0 Å². The number of aromatic nitrogens is 2. The molecule has 3 amide bonds. The Bertz CT molecular complexity index is 962. The van der Waals surface area contributed by atoms with E-state index in [1.807, 2.05) is 0 Å². The van der Waals surface area contributed by atoms with Crippen LogP contribution >= 0.6 is 0 Å². The van der Waals surface area contributed by atoms with Gasteiger partial charge in [0.25, 0.3) is 0 Å². The zero-order valence-electron chi connectivity index (χ0n) is 20.6. The van der Waals surface area contributed by atoms with Crippen LogP contribution in [0.3, 0.4) is 0 Å².